The second-order valence-corrected chi connectivity index (χ2v) is 6.25. The first-order chi connectivity index (χ1) is 9.29. The van der Waals surface area contributed by atoms with Crippen LogP contribution >= 0.6 is 0 Å². The molecule has 0 amide bonds. The molecule has 2 atom stereocenters. The van der Waals surface area contributed by atoms with Crippen molar-refractivity contribution in [2.45, 2.75) is 76.8 Å². The number of morpholine rings is 1. The van der Waals surface area contributed by atoms with E-state index >= 15 is 0 Å². The van der Waals surface area contributed by atoms with Crippen LogP contribution in [0.15, 0.2) is 0 Å². The fraction of sp³-hybridized carbons (Fsp3) is 0.938. The van der Waals surface area contributed by atoms with E-state index in [4.69, 9.17) is 4.74 Å². The zero-order chi connectivity index (χ0) is 13.5. The number of hydrogen-bond donors (Lipinski definition) is 1. The highest BCUT2D eigenvalue weighted by Gasteiger charge is 2.34. The number of carbonyl (C=O) groups is 1. The minimum Gasteiger partial charge on any atom is -0.378 e. The molecule has 2 unspecified atom stereocenters. The van der Waals surface area contributed by atoms with E-state index in [2.05, 4.69) is 12.2 Å². The lowest BCUT2D eigenvalue weighted by Crippen LogP contribution is -2.55. The molecule has 0 aromatic rings. The Morgan fingerprint density at radius 2 is 1.68 bits per heavy atom. The number of Topliss-reactive ketones (excluding diaryl/α,β-unsaturated/α-hetero) is 1. The average molecular weight is 267 g/mol. The van der Waals surface area contributed by atoms with Gasteiger partial charge in [0.1, 0.15) is 5.78 Å². The molecule has 1 N–H and O–H groups in total. The molecule has 110 valence electrons. The summed E-state index contributed by atoms with van der Waals surface area (Å²) in [6.45, 7) is 3.82. The van der Waals surface area contributed by atoms with Crippen LogP contribution in [0.25, 0.3) is 0 Å². The van der Waals surface area contributed by atoms with Gasteiger partial charge in [0, 0.05) is 24.4 Å². The summed E-state index contributed by atoms with van der Waals surface area (Å²) in [7, 11) is 0. The molecule has 0 aliphatic carbocycles. The van der Waals surface area contributed by atoms with Gasteiger partial charge in [0.05, 0.1) is 13.2 Å². The van der Waals surface area contributed by atoms with E-state index in [9.17, 15) is 4.79 Å². The zero-order valence-corrected chi connectivity index (χ0v) is 12.3. The van der Waals surface area contributed by atoms with Crippen LogP contribution in [-0.2, 0) is 9.53 Å². The van der Waals surface area contributed by atoms with E-state index in [1.165, 1.54) is 32.1 Å². The van der Waals surface area contributed by atoms with Gasteiger partial charge in [-0.05, 0) is 19.3 Å². The van der Waals surface area contributed by atoms with Crippen LogP contribution in [0, 0.1) is 5.92 Å². The summed E-state index contributed by atoms with van der Waals surface area (Å²) >= 11 is 0. The van der Waals surface area contributed by atoms with E-state index in [0.29, 0.717) is 23.8 Å². The Kier molecular flexibility index (Phi) is 6.32. The monoisotopic (exact) mass is 267 g/mol. The van der Waals surface area contributed by atoms with E-state index in [0.717, 1.165) is 38.9 Å². The van der Waals surface area contributed by atoms with Gasteiger partial charge in [0.15, 0.2) is 0 Å². The molecule has 2 aliphatic heterocycles. The van der Waals surface area contributed by atoms with Crippen molar-refractivity contribution < 1.29 is 9.53 Å². The molecule has 0 aromatic heterocycles. The molecule has 0 spiro atoms. The summed E-state index contributed by atoms with van der Waals surface area (Å²) in [5.74, 6) is 0.810. The standard InChI is InChI=1S/C16H29NO2/c1-2-3-4-5-6-7-8-16(18)13-9-14-11-19-12-15(10-13)17-14/h13-15,17H,2-12H2,1H3. The highest BCUT2D eigenvalue weighted by Crippen LogP contribution is 2.26. The van der Waals surface area contributed by atoms with Crippen molar-refractivity contribution in [1.82, 2.24) is 5.32 Å². The van der Waals surface area contributed by atoms with Gasteiger partial charge >= 0.3 is 0 Å². The van der Waals surface area contributed by atoms with Crippen molar-refractivity contribution >= 4 is 5.78 Å². The van der Waals surface area contributed by atoms with Crippen molar-refractivity contribution in [3.63, 3.8) is 0 Å². The molecule has 2 fully saturated rings. The smallest absolute Gasteiger partial charge is 0.136 e. The first kappa shape index (κ1) is 15.0. The van der Waals surface area contributed by atoms with Crippen LogP contribution < -0.4 is 5.32 Å². The largest absolute Gasteiger partial charge is 0.378 e. The highest BCUT2D eigenvalue weighted by atomic mass is 16.5. The molecular weight excluding hydrogens is 238 g/mol. The predicted octanol–water partition coefficient (Wildman–Crippen LogP) is 3.07. The van der Waals surface area contributed by atoms with Gasteiger partial charge in [-0.25, -0.2) is 0 Å². The lowest BCUT2D eigenvalue weighted by molar-refractivity contribution is -0.126. The molecule has 2 bridgehead atoms. The summed E-state index contributed by atoms with van der Waals surface area (Å²) in [5, 5.41) is 3.55. The third-order valence-corrected chi connectivity index (χ3v) is 4.48. The van der Waals surface area contributed by atoms with Crippen molar-refractivity contribution in [2.24, 2.45) is 5.92 Å². The number of hydrogen-bond acceptors (Lipinski definition) is 3. The van der Waals surface area contributed by atoms with E-state index in [1.54, 1.807) is 0 Å². The highest BCUT2D eigenvalue weighted by molar-refractivity contribution is 5.81. The molecule has 2 rings (SSSR count). The Bertz CT molecular complexity index is 268. The first-order valence-electron chi connectivity index (χ1n) is 8.16. The lowest BCUT2D eigenvalue weighted by Gasteiger charge is -2.39. The number of ether oxygens (including phenoxy) is 1. The predicted molar refractivity (Wildman–Crippen MR) is 77.3 cm³/mol. The van der Waals surface area contributed by atoms with Crippen molar-refractivity contribution in [3.05, 3.63) is 0 Å². The number of piperidine rings is 1. The normalized spacial score (nSPS) is 30.3. The van der Waals surface area contributed by atoms with Gasteiger partial charge in [-0.1, -0.05) is 39.0 Å². The number of rotatable bonds is 8. The molecule has 3 heteroatoms. The molecule has 2 saturated heterocycles. The van der Waals surface area contributed by atoms with Crippen LogP contribution in [0.1, 0.15) is 64.7 Å². The second kappa shape index (κ2) is 8.01. The third-order valence-electron chi connectivity index (χ3n) is 4.48. The number of unbranched alkanes of at least 4 members (excludes halogenated alkanes) is 5. The van der Waals surface area contributed by atoms with Crippen LogP contribution in [0.2, 0.25) is 0 Å². The fourth-order valence-electron chi connectivity index (χ4n) is 3.38. The third kappa shape index (κ3) is 4.88. The molecular formula is C16H29NO2. The van der Waals surface area contributed by atoms with Gasteiger partial charge < -0.3 is 10.1 Å². The molecule has 2 aliphatic rings. The summed E-state index contributed by atoms with van der Waals surface area (Å²) in [4.78, 5) is 12.2. The number of nitrogens with one attached hydrogen (secondary N) is 1. The fourth-order valence-corrected chi connectivity index (χ4v) is 3.38. The molecule has 0 saturated carbocycles. The maximum absolute atomic E-state index is 12.2. The Labute approximate surface area is 117 Å². The van der Waals surface area contributed by atoms with Gasteiger partial charge in [-0.3, -0.25) is 4.79 Å². The molecule has 3 nitrogen and oxygen atoms in total. The maximum Gasteiger partial charge on any atom is 0.136 e. The molecule has 2 heterocycles. The van der Waals surface area contributed by atoms with Gasteiger partial charge in [-0.2, -0.15) is 0 Å². The zero-order valence-electron chi connectivity index (χ0n) is 12.3. The maximum atomic E-state index is 12.2. The van der Waals surface area contributed by atoms with Crippen LogP contribution in [0.3, 0.4) is 0 Å². The quantitative estimate of drug-likeness (QED) is 0.687. The van der Waals surface area contributed by atoms with Gasteiger partial charge in [0.2, 0.25) is 0 Å². The summed E-state index contributed by atoms with van der Waals surface area (Å²) in [6.07, 6.45) is 10.4. The summed E-state index contributed by atoms with van der Waals surface area (Å²) in [6, 6.07) is 0.844. The molecule has 0 radical (unpaired) electrons. The van der Waals surface area contributed by atoms with Crippen LogP contribution in [0.4, 0.5) is 0 Å². The van der Waals surface area contributed by atoms with Crippen molar-refractivity contribution in [1.29, 1.82) is 0 Å². The Balaban J connectivity index is 1.60. The number of fused-ring (bicyclic) bond motifs is 2. The Hall–Kier alpha value is -0.410. The average Bonchev–Trinajstić information content (AvgIpc) is 2.42. The van der Waals surface area contributed by atoms with Gasteiger partial charge in [0.25, 0.3) is 0 Å². The topological polar surface area (TPSA) is 38.3 Å². The Morgan fingerprint density at radius 3 is 2.37 bits per heavy atom. The molecule has 19 heavy (non-hydrogen) atoms. The summed E-state index contributed by atoms with van der Waals surface area (Å²) in [5.41, 5.74) is 0. The van der Waals surface area contributed by atoms with Gasteiger partial charge in [-0.15, -0.1) is 0 Å². The van der Waals surface area contributed by atoms with E-state index < -0.39 is 0 Å². The second-order valence-electron chi connectivity index (χ2n) is 6.25. The van der Waals surface area contributed by atoms with Crippen molar-refractivity contribution in [3.8, 4) is 0 Å². The van der Waals surface area contributed by atoms with E-state index in [1.807, 2.05) is 0 Å². The van der Waals surface area contributed by atoms with Crippen LogP contribution in [0.5, 0.6) is 0 Å². The number of carbonyl (C=O) groups excluding carboxylic acids is 1. The number of ketones is 1. The van der Waals surface area contributed by atoms with Crippen LogP contribution in [-0.4, -0.2) is 31.1 Å². The Morgan fingerprint density at radius 1 is 1.05 bits per heavy atom. The molecule has 0 aromatic carbocycles. The van der Waals surface area contributed by atoms with Crippen molar-refractivity contribution in [2.75, 3.05) is 13.2 Å². The minimum absolute atomic E-state index is 0.302. The SMILES string of the molecule is CCCCCCCCC(=O)C1CC2COCC(C1)N2. The minimum atomic E-state index is 0.302. The lowest BCUT2D eigenvalue weighted by atomic mass is 9.83. The first-order valence-corrected chi connectivity index (χ1v) is 8.16. The van der Waals surface area contributed by atoms with E-state index in [-0.39, 0.29) is 0 Å². The summed E-state index contributed by atoms with van der Waals surface area (Å²) < 4.78 is 5.53.